The second-order valence-electron chi connectivity index (χ2n) is 10.4. The number of ether oxygens (including phenoxy) is 1. The van der Waals surface area contributed by atoms with Crippen molar-refractivity contribution in [2.45, 2.75) is 45.8 Å². The lowest BCUT2D eigenvalue weighted by Gasteiger charge is -2.31. The van der Waals surface area contributed by atoms with E-state index >= 15 is 8.78 Å². The smallest absolute Gasteiger partial charge is 0.410 e. The number of nitrogen functional groups attached to an aromatic ring is 1. The number of amides is 2. The normalized spacial score (nSPS) is 15.1. The van der Waals surface area contributed by atoms with Gasteiger partial charge in [-0.1, -0.05) is 18.2 Å². The van der Waals surface area contributed by atoms with Crippen LogP contribution in [0, 0.1) is 11.8 Å². The Balaban J connectivity index is 1.48. The van der Waals surface area contributed by atoms with Gasteiger partial charge in [0, 0.05) is 41.9 Å². The van der Waals surface area contributed by atoms with Gasteiger partial charge in [-0.05, 0) is 74.1 Å². The molecule has 3 heterocycles. The van der Waals surface area contributed by atoms with E-state index in [4.69, 9.17) is 10.5 Å². The van der Waals surface area contributed by atoms with E-state index in [2.05, 4.69) is 10.3 Å². The summed E-state index contributed by atoms with van der Waals surface area (Å²) in [6.07, 6.45) is 0.770. The van der Waals surface area contributed by atoms with Crippen molar-refractivity contribution in [2.75, 3.05) is 18.8 Å². The van der Waals surface area contributed by atoms with E-state index < -0.39 is 17.4 Å². The van der Waals surface area contributed by atoms with E-state index in [-0.39, 0.29) is 40.1 Å². The molecule has 0 unspecified atom stereocenters. The Kier molecular flexibility index (Phi) is 6.09. The first-order chi connectivity index (χ1) is 17.5. The van der Waals surface area contributed by atoms with Gasteiger partial charge in [-0.15, -0.1) is 0 Å². The van der Waals surface area contributed by atoms with Crippen LogP contribution in [-0.4, -0.2) is 40.6 Å². The third kappa shape index (κ3) is 4.85. The Morgan fingerprint density at radius 3 is 2.54 bits per heavy atom. The van der Waals surface area contributed by atoms with Crippen LogP contribution in [0.2, 0.25) is 0 Å². The summed E-state index contributed by atoms with van der Waals surface area (Å²) in [4.78, 5) is 30.1. The van der Waals surface area contributed by atoms with Crippen molar-refractivity contribution >= 4 is 17.8 Å². The first-order valence-electron chi connectivity index (χ1n) is 12.2. The summed E-state index contributed by atoms with van der Waals surface area (Å²) in [7, 11) is 0. The molecule has 0 radical (unpaired) electrons. The molecule has 7 nitrogen and oxygen atoms in total. The highest BCUT2D eigenvalue weighted by molar-refractivity contribution is 5.97. The molecule has 3 N–H and O–H groups in total. The zero-order chi connectivity index (χ0) is 26.5. The van der Waals surface area contributed by atoms with E-state index in [9.17, 15) is 9.59 Å². The number of aromatic nitrogens is 1. The van der Waals surface area contributed by atoms with Gasteiger partial charge in [0.15, 0.2) is 0 Å². The first kappa shape index (κ1) is 24.7. The molecule has 0 bridgehead atoms. The molecule has 1 aromatic heterocycles. The number of nitrogens with one attached hydrogen (secondary N) is 1. The summed E-state index contributed by atoms with van der Waals surface area (Å²) < 4.78 is 35.6. The van der Waals surface area contributed by atoms with Crippen molar-refractivity contribution in [2.24, 2.45) is 0 Å². The molecule has 2 amide bonds. The topological polar surface area (TPSA) is 97.5 Å². The minimum atomic E-state index is -0.759. The van der Waals surface area contributed by atoms with Crippen LogP contribution in [0.3, 0.4) is 0 Å². The van der Waals surface area contributed by atoms with Gasteiger partial charge in [-0.25, -0.2) is 14.2 Å². The molecule has 0 saturated heterocycles. The highest BCUT2D eigenvalue weighted by atomic mass is 19.1. The average molecular weight is 507 g/mol. The standard InChI is InChI=1S/C28H28F2N4O3/c1-28(2,3)37-27(36)34-9-7-15-10-16(4-5-18(15)14-34)19-12-22(25(31)33-24(19)30)21-11-17-6-8-32-26(35)20(17)13-23(21)29/h4-5,10-13H,6-9,14H2,1-3H3,(H2,31,33)(H,32,35). The predicted octanol–water partition coefficient (Wildman–Crippen LogP) is 4.86. The highest BCUT2D eigenvalue weighted by Gasteiger charge is 2.27. The SMILES string of the molecule is CC(C)(C)OC(=O)N1CCc2cc(-c3cc(-c4cc5c(cc4F)C(=O)NCC5)c(N)nc3F)ccc2C1. The summed E-state index contributed by atoms with van der Waals surface area (Å²) in [6, 6.07) is 9.77. The summed E-state index contributed by atoms with van der Waals surface area (Å²) in [5, 5.41) is 2.70. The molecule has 0 atom stereocenters. The predicted molar refractivity (Wildman–Crippen MR) is 136 cm³/mol. The molecule has 0 fully saturated rings. The molecule has 192 valence electrons. The van der Waals surface area contributed by atoms with Gasteiger partial charge in [0.05, 0.1) is 0 Å². The lowest BCUT2D eigenvalue weighted by atomic mass is 9.92. The Hall–Kier alpha value is -4.01. The van der Waals surface area contributed by atoms with E-state index in [1.165, 1.54) is 12.1 Å². The number of hydrogen-bond acceptors (Lipinski definition) is 5. The van der Waals surface area contributed by atoms with Crippen molar-refractivity contribution in [1.29, 1.82) is 0 Å². The Morgan fingerprint density at radius 2 is 1.78 bits per heavy atom. The van der Waals surface area contributed by atoms with Crippen LogP contribution >= 0.6 is 0 Å². The summed E-state index contributed by atoms with van der Waals surface area (Å²) >= 11 is 0. The number of pyridine rings is 1. The van der Waals surface area contributed by atoms with E-state index in [1.54, 1.807) is 17.0 Å². The number of carbonyl (C=O) groups excluding carboxylic acids is 2. The van der Waals surface area contributed by atoms with E-state index in [0.717, 1.165) is 11.1 Å². The molecule has 5 rings (SSSR count). The number of nitrogens with two attached hydrogens (primary N) is 1. The molecular weight excluding hydrogens is 478 g/mol. The van der Waals surface area contributed by atoms with E-state index in [1.807, 2.05) is 32.9 Å². The fourth-order valence-corrected chi connectivity index (χ4v) is 4.77. The molecule has 0 saturated carbocycles. The number of fused-ring (bicyclic) bond motifs is 2. The van der Waals surface area contributed by atoms with Gasteiger partial charge >= 0.3 is 6.09 Å². The van der Waals surface area contributed by atoms with Crippen molar-refractivity contribution in [3.63, 3.8) is 0 Å². The summed E-state index contributed by atoms with van der Waals surface area (Å²) in [6.45, 7) is 6.81. The van der Waals surface area contributed by atoms with Crippen LogP contribution in [-0.2, 0) is 24.1 Å². The number of nitrogens with zero attached hydrogens (tertiary/aromatic N) is 2. The van der Waals surface area contributed by atoms with Crippen molar-refractivity contribution in [3.8, 4) is 22.3 Å². The molecule has 2 aliphatic heterocycles. The second-order valence-corrected chi connectivity index (χ2v) is 10.4. The Morgan fingerprint density at radius 1 is 1.00 bits per heavy atom. The summed E-state index contributed by atoms with van der Waals surface area (Å²) in [5.41, 5.74) is 9.57. The van der Waals surface area contributed by atoms with Crippen molar-refractivity contribution in [1.82, 2.24) is 15.2 Å². The second kappa shape index (κ2) is 9.14. The van der Waals surface area contributed by atoms with Crippen LogP contribution < -0.4 is 11.1 Å². The first-order valence-corrected chi connectivity index (χ1v) is 12.2. The molecule has 2 aromatic carbocycles. The molecular formula is C28H28F2N4O3. The average Bonchev–Trinajstić information content (AvgIpc) is 2.83. The molecule has 3 aromatic rings. The molecule has 0 spiro atoms. The zero-order valence-corrected chi connectivity index (χ0v) is 21.0. The van der Waals surface area contributed by atoms with Gasteiger partial charge in [0.2, 0.25) is 5.95 Å². The van der Waals surface area contributed by atoms with Gasteiger partial charge in [0.1, 0.15) is 17.2 Å². The van der Waals surface area contributed by atoms with Crippen LogP contribution in [0.5, 0.6) is 0 Å². The van der Waals surface area contributed by atoms with Gasteiger partial charge in [-0.2, -0.15) is 4.39 Å². The monoisotopic (exact) mass is 506 g/mol. The molecule has 9 heteroatoms. The number of hydrogen-bond donors (Lipinski definition) is 2. The minimum absolute atomic E-state index is 0.133. The maximum atomic E-state index is 15.1. The quantitative estimate of drug-likeness (QED) is 0.484. The molecule has 37 heavy (non-hydrogen) atoms. The largest absolute Gasteiger partial charge is 0.444 e. The van der Waals surface area contributed by atoms with Crippen LogP contribution in [0.4, 0.5) is 19.4 Å². The fraction of sp³-hybridized carbons (Fsp3) is 0.321. The number of anilines is 1. The zero-order valence-electron chi connectivity index (χ0n) is 21.0. The number of carbonyl (C=O) groups is 2. The van der Waals surface area contributed by atoms with Gasteiger partial charge in [-0.3, -0.25) is 4.79 Å². The van der Waals surface area contributed by atoms with E-state index in [0.29, 0.717) is 43.6 Å². The lowest BCUT2D eigenvalue weighted by molar-refractivity contribution is 0.0224. The maximum Gasteiger partial charge on any atom is 0.410 e. The van der Waals surface area contributed by atoms with Gasteiger partial charge in [0.25, 0.3) is 5.91 Å². The highest BCUT2D eigenvalue weighted by Crippen LogP contribution is 2.36. The van der Waals surface area contributed by atoms with Crippen LogP contribution in [0.15, 0.2) is 36.4 Å². The maximum absolute atomic E-state index is 15.1. The number of benzene rings is 2. The van der Waals surface area contributed by atoms with Crippen LogP contribution in [0.25, 0.3) is 22.3 Å². The van der Waals surface area contributed by atoms with Gasteiger partial charge < -0.3 is 20.7 Å². The third-order valence-corrected chi connectivity index (χ3v) is 6.59. The third-order valence-electron chi connectivity index (χ3n) is 6.59. The minimum Gasteiger partial charge on any atom is -0.444 e. The van der Waals surface area contributed by atoms with Crippen molar-refractivity contribution in [3.05, 3.63) is 70.4 Å². The fourth-order valence-electron chi connectivity index (χ4n) is 4.77. The summed E-state index contributed by atoms with van der Waals surface area (Å²) in [5.74, 6) is -1.84. The number of halogens is 2. The Bertz CT molecular complexity index is 1430. The lowest BCUT2D eigenvalue weighted by Crippen LogP contribution is -2.39. The molecule has 0 aliphatic carbocycles. The molecule has 2 aliphatic rings. The van der Waals surface area contributed by atoms with Crippen molar-refractivity contribution < 1.29 is 23.1 Å². The number of rotatable bonds is 2. The van der Waals surface area contributed by atoms with Crippen LogP contribution in [0.1, 0.15) is 47.8 Å². The Labute approximate surface area is 213 Å².